The summed E-state index contributed by atoms with van der Waals surface area (Å²) in [6, 6.07) is 0.0696. The number of carbonyl (C=O) groups is 1. The van der Waals surface area contributed by atoms with Crippen LogP contribution >= 0.6 is 0 Å². The Hall–Kier alpha value is -1.01. The van der Waals surface area contributed by atoms with Crippen LogP contribution < -0.4 is 11.1 Å². The molecule has 0 aromatic rings. The molecule has 0 heterocycles. The van der Waals surface area contributed by atoms with Crippen molar-refractivity contribution in [2.45, 2.75) is 38.6 Å². The first-order valence-electron chi connectivity index (χ1n) is 4.63. The van der Waals surface area contributed by atoms with Crippen LogP contribution in [0.5, 0.6) is 0 Å². The lowest BCUT2D eigenvalue weighted by Crippen LogP contribution is -2.37. The van der Waals surface area contributed by atoms with Crippen molar-refractivity contribution in [1.82, 2.24) is 5.32 Å². The Morgan fingerprint density at radius 1 is 1.62 bits per heavy atom. The van der Waals surface area contributed by atoms with E-state index in [1.807, 2.05) is 6.92 Å². The highest BCUT2D eigenvalue weighted by atomic mass is 16.1. The van der Waals surface area contributed by atoms with Crippen molar-refractivity contribution in [3.05, 3.63) is 0 Å². The van der Waals surface area contributed by atoms with Gasteiger partial charge in [0, 0.05) is 25.4 Å². The van der Waals surface area contributed by atoms with E-state index >= 15 is 0 Å². The van der Waals surface area contributed by atoms with Gasteiger partial charge in [0.05, 0.1) is 0 Å². The van der Waals surface area contributed by atoms with Crippen LogP contribution in [-0.2, 0) is 4.79 Å². The first-order valence-corrected chi connectivity index (χ1v) is 4.63. The minimum absolute atomic E-state index is 0.0648. The summed E-state index contributed by atoms with van der Waals surface area (Å²) in [6.07, 6.45) is 8.15. The summed E-state index contributed by atoms with van der Waals surface area (Å²) in [5, 5.41) is 2.79. The zero-order valence-electron chi connectivity index (χ0n) is 8.18. The van der Waals surface area contributed by atoms with E-state index in [1.54, 1.807) is 0 Å². The van der Waals surface area contributed by atoms with E-state index in [0.717, 1.165) is 19.3 Å². The van der Waals surface area contributed by atoms with Crippen molar-refractivity contribution in [2.24, 2.45) is 5.73 Å². The number of carbonyl (C=O) groups excluding carboxylic acids is 1. The van der Waals surface area contributed by atoms with Crippen LogP contribution in [0.1, 0.15) is 32.6 Å². The van der Waals surface area contributed by atoms with Crippen LogP contribution in [0.15, 0.2) is 0 Å². The number of nitrogens with one attached hydrogen (secondary N) is 1. The van der Waals surface area contributed by atoms with Gasteiger partial charge in [-0.05, 0) is 19.8 Å². The lowest BCUT2D eigenvalue weighted by molar-refractivity contribution is -0.121. The Balaban J connectivity index is 3.36. The molecule has 3 N–H and O–H groups in total. The van der Waals surface area contributed by atoms with E-state index in [2.05, 4.69) is 11.2 Å². The average molecular weight is 182 g/mol. The zero-order chi connectivity index (χ0) is 10.1. The standard InChI is InChI=1S/C10H18N2O/c1-3-4-5-6-7-10(13)12-9(2)8-11/h1,9H,4-8,11H2,2H3,(H,12,13)/t9-/m1/s1. The normalized spacial score (nSPS) is 11.8. The minimum Gasteiger partial charge on any atom is -0.352 e. The van der Waals surface area contributed by atoms with Crippen LogP contribution in [0.4, 0.5) is 0 Å². The molecule has 3 heteroatoms. The number of nitrogens with two attached hydrogens (primary N) is 1. The Labute approximate surface area is 80.1 Å². The minimum atomic E-state index is 0.0648. The van der Waals surface area contributed by atoms with Gasteiger partial charge in [-0.2, -0.15) is 0 Å². The van der Waals surface area contributed by atoms with Crippen LogP contribution in [-0.4, -0.2) is 18.5 Å². The predicted octanol–water partition coefficient (Wildman–Crippen LogP) is 0.643. The summed E-state index contributed by atoms with van der Waals surface area (Å²) in [4.78, 5) is 11.2. The van der Waals surface area contributed by atoms with E-state index < -0.39 is 0 Å². The third-order valence-electron chi connectivity index (χ3n) is 1.74. The fourth-order valence-corrected chi connectivity index (χ4v) is 0.919. The molecular formula is C10H18N2O. The molecule has 0 aromatic carbocycles. The molecule has 0 rings (SSSR count). The van der Waals surface area contributed by atoms with Gasteiger partial charge in [-0.15, -0.1) is 12.3 Å². The molecule has 0 spiro atoms. The van der Waals surface area contributed by atoms with Crippen LogP contribution in [0.25, 0.3) is 0 Å². The SMILES string of the molecule is C#CCCCCC(=O)N[C@H](C)CN. The molecule has 0 aliphatic heterocycles. The Bertz CT molecular complexity index is 184. The number of terminal acetylenes is 1. The highest BCUT2D eigenvalue weighted by Crippen LogP contribution is 1.98. The van der Waals surface area contributed by atoms with Crippen LogP contribution in [0.3, 0.4) is 0 Å². The second kappa shape index (κ2) is 7.63. The first kappa shape index (κ1) is 12.0. The third-order valence-corrected chi connectivity index (χ3v) is 1.74. The van der Waals surface area contributed by atoms with Crippen LogP contribution in [0, 0.1) is 12.3 Å². The van der Waals surface area contributed by atoms with Gasteiger partial charge in [-0.1, -0.05) is 0 Å². The second-order valence-electron chi connectivity index (χ2n) is 3.12. The number of unbranched alkanes of at least 4 members (excludes halogenated alkanes) is 2. The number of hydrogen-bond donors (Lipinski definition) is 2. The van der Waals surface area contributed by atoms with Crippen molar-refractivity contribution in [1.29, 1.82) is 0 Å². The molecule has 0 aliphatic carbocycles. The lowest BCUT2D eigenvalue weighted by atomic mass is 10.2. The average Bonchev–Trinajstić information content (AvgIpc) is 2.12. The maximum Gasteiger partial charge on any atom is 0.220 e. The molecule has 3 nitrogen and oxygen atoms in total. The van der Waals surface area contributed by atoms with Gasteiger partial charge in [0.25, 0.3) is 0 Å². The highest BCUT2D eigenvalue weighted by Gasteiger charge is 2.04. The van der Waals surface area contributed by atoms with Crippen molar-refractivity contribution < 1.29 is 4.79 Å². The highest BCUT2D eigenvalue weighted by molar-refractivity contribution is 5.76. The van der Waals surface area contributed by atoms with E-state index in [4.69, 9.17) is 12.2 Å². The van der Waals surface area contributed by atoms with Gasteiger partial charge >= 0.3 is 0 Å². The molecule has 13 heavy (non-hydrogen) atoms. The van der Waals surface area contributed by atoms with Crippen molar-refractivity contribution in [3.63, 3.8) is 0 Å². The summed E-state index contributed by atoms with van der Waals surface area (Å²) >= 11 is 0. The fourth-order valence-electron chi connectivity index (χ4n) is 0.919. The summed E-state index contributed by atoms with van der Waals surface area (Å²) in [5.41, 5.74) is 5.36. The van der Waals surface area contributed by atoms with Gasteiger partial charge in [0.15, 0.2) is 0 Å². The van der Waals surface area contributed by atoms with E-state index in [9.17, 15) is 4.79 Å². The summed E-state index contributed by atoms with van der Waals surface area (Å²) in [7, 11) is 0. The fraction of sp³-hybridized carbons (Fsp3) is 0.700. The van der Waals surface area contributed by atoms with Crippen molar-refractivity contribution in [2.75, 3.05) is 6.54 Å². The molecular weight excluding hydrogens is 164 g/mol. The molecule has 0 saturated heterocycles. The molecule has 0 bridgehead atoms. The molecule has 0 aliphatic rings. The first-order chi connectivity index (χ1) is 6.20. The van der Waals surface area contributed by atoms with Gasteiger partial charge in [0.1, 0.15) is 0 Å². The summed E-state index contributed by atoms with van der Waals surface area (Å²) in [5.74, 6) is 2.61. The maximum atomic E-state index is 11.2. The molecule has 1 amide bonds. The molecule has 0 aromatic heterocycles. The number of amides is 1. The Kier molecular flexibility index (Phi) is 7.04. The molecule has 1 atom stereocenters. The summed E-state index contributed by atoms with van der Waals surface area (Å²) in [6.45, 7) is 2.37. The van der Waals surface area contributed by atoms with E-state index in [0.29, 0.717) is 13.0 Å². The Morgan fingerprint density at radius 2 is 2.31 bits per heavy atom. The van der Waals surface area contributed by atoms with Gasteiger partial charge in [-0.25, -0.2) is 0 Å². The monoisotopic (exact) mass is 182 g/mol. The number of rotatable bonds is 6. The van der Waals surface area contributed by atoms with E-state index in [-0.39, 0.29) is 11.9 Å². The lowest BCUT2D eigenvalue weighted by Gasteiger charge is -2.10. The topological polar surface area (TPSA) is 55.1 Å². The molecule has 0 fully saturated rings. The molecule has 0 saturated carbocycles. The van der Waals surface area contributed by atoms with Gasteiger partial charge in [-0.3, -0.25) is 4.79 Å². The van der Waals surface area contributed by atoms with Gasteiger partial charge in [0.2, 0.25) is 5.91 Å². The quantitative estimate of drug-likeness (QED) is 0.468. The zero-order valence-corrected chi connectivity index (χ0v) is 8.18. The molecule has 0 radical (unpaired) electrons. The summed E-state index contributed by atoms with van der Waals surface area (Å²) < 4.78 is 0. The van der Waals surface area contributed by atoms with Crippen molar-refractivity contribution >= 4 is 5.91 Å². The molecule has 74 valence electrons. The van der Waals surface area contributed by atoms with E-state index in [1.165, 1.54) is 0 Å². The number of hydrogen-bond acceptors (Lipinski definition) is 2. The molecule has 0 unspecified atom stereocenters. The predicted molar refractivity (Wildman–Crippen MR) is 54.0 cm³/mol. The van der Waals surface area contributed by atoms with Crippen LogP contribution in [0.2, 0.25) is 0 Å². The van der Waals surface area contributed by atoms with Gasteiger partial charge < -0.3 is 11.1 Å². The second-order valence-corrected chi connectivity index (χ2v) is 3.12. The maximum absolute atomic E-state index is 11.2. The third kappa shape index (κ3) is 7.35. The smallest absolute Gasteiger partial charge is 0.220 e. The largest absolute Gasteiger partial charge is 0.352 e. The Morgan fingerprint density at radius 3 is 2.85 bits per heavy atom. The van der Waals surface area contributed by atoms with Crippen molar-refractivity contribution in [3.8, 4) is 12.3 Å².